The molecule has 5 nitrogen and oxygen atoms in total. The topological polar surface area (TPSA) is 76.1 Å². The highest BCUT2D eigenvalue weighted by molar-refractivity contribution is 7.90. The summed E-state index contributed by atoms with van der Waals surface area (Å²) in [5, 5.41) is 0. The number of nitrogens with zero attached hydrogens (tertiary/aromatic N) is 1. The van der Waals surface area contributed by atoms with Crippen molar-refractivity contribution in [1.29, 1.82) is 0 Å². The SMILES string of the molecule is Cc1ccc(S(=O)(=O)NC(=O)Cc2cc(F)c(F)cc2F)cn1. The van der Waals surface area contributed by atoms with Gasteiger partial charge in [-0.15, -0.1) is 0 Å². The third kappa shape index (κ3) is 4.07. The summed E-state index contributed by atoms with van der Waals surface area (Å²) in [4.78, 5) is 15.3. The molecule has 0 aliphatic carbocycles. The van der Waals surface area contributed by atoms with Crippen LogP contribution in [0.1, 0.15) is 11.3 Å². The van der Waals surface area contributed by atoms with Crippen molar-refractivity contribution in [1.82, 2.24) is 9.71 Å². The van der Waals surface area contributed by atoms with Crippen molar-refractivity contribution in [3.05, 3.63) is 59.2 Å². The van der Waals surface area contributed by atoms with Crippen LogP contribution in [0.2, 0.25) is 0 Å². The second-order valence-corrected chi connectivity index (χ2v) is 6.38. The average Bonchev–Trinajstić information content (AvgIpc) is 2.44. The molecule has 0 aliphatic rings. The van der Waals surface area contributed by atoms with Gasteiger partial charge in [0.2, 0.25) is 5.91 Å². The van der Waals surface area contributed by atoms with Crippen LogP contribution in [0.15, 0.2) is 35.4 Å². The van der Waals surface area contributed by atoms with E-state index in [1.54, 1.807) is 11.6 Å². The second kappa shape index (κ2) is 6.37. The molecule has 0 bridgehead atoms. The third-order valence-corrected chi connectivity index (χ3v) is 4.24. The fourth-order valence-electron chi connectivity index (χ4n) is 1.73. The van der Waals surface area contributed by atoms with Gasteiger partial charge in [0, 0.05) is 23.5 Å². The number of hydrogen-bond donors (Lipinski definition) is 1. The quantitative estimate of drug-likeness (QED) is 0.859. The molecule has 0 aliphatic heterocycles. The van der Waals surface area contributed by atoms with Crippen molar-refractivity contribution < 1.29 is 26.4 Å². The van der Waals surface area contributed by atoms with Gasteiger partial charge in [-0.05, 0) is 25.1 Å². The maximum absolute atomic E-state index is 13.4. The number of hydrogen-bond acceptors (Lipinski definition) is 4. The number of nitrogens with one attached hydrogen (secondary N) is 1. The first-order valence-corrected chi connectivity index (χ1v) is 7.79. The van der Waals surface area contributed by atoms with E-state index in [0.717, 1.165) is 6.20 Å². The number of benzene rings is 1. The molecule has 1 aromatic carbocycles. The number of sulfonamides is 1. The highest BCUT2D eigenvalue weighted by atomic mass is 32.2. The largest absolute Gasteiger partial charge is 0.274 e. The molecule has 1 heterocycles. The van der Waals surface area contributed by atoms with Crippen molar-refractivity contribution in [3.63, 3.8) is 0 Å². The lowest BCUT2D eigenvalue weighted by Crippen LogP contribution is -2.32. The lowest BCUT2D eigenvalue weighted by Gasteiger charge is -2.08. The number of pyridine rings is 1. The molecule has 0 fully saturated rings. The van der Waals surface area contributed by atoms with E-state index in [1.807, 2.05) is 0 Å². The molecule has 0 spiro atoms. The summed E-state index contributed by atoms with van der Waals surface area (Å²) in [6, 6.07) is 3.48. The van der Waals surface area contributed by atoms with Gasteiger partial charge in [-0.3, -0.25) is 9.78 Å². The third-order valence-electron chi connectivity index (χ3n) is 2.88. The summed E-state index contributed by atoms with van der Waals surface area (Å²) in [6.07, 6.45) is 0.296. The summed E-state index contributed by atoms with van der Waals surface area (Å²) in [5.41, 5.74) is 0.123. The van der Waals surface area contributed by atoms with E-state index in [0.29, 0.717) is 11.8 Å². The van der Waals surface area contributed by atoms with E-state index in [4.69, 9.17) is 0 Å². The van der Waals surface area contributed by atoms with Gasteiger partial charge in [0.15, 0.2) is 11.6 Å². The summed E-state index contributed by atoms with van der Waals surface area (Å²) < 4.78 is 64.9. The molecule has 9 heteroatoms. The zero-order chi connectivity index (χ0) is 17.2. The predicted octanol–water partition coefficient (Wildman–Crippen LogP) is 1.85. The van der Waals surface area contributed by atoms with Crippen LogP contribution in [0, 0.1) is 24.4 Å². The summed E-state index contributed by atoms with van der Waals surface area (Å²) in [6.45, 7) is 1.65. The minimum atomic E-state index is -4.18. The minimum Gasteiger partial charge on any atom is -0.274 e. The van der Waals surface area contributed by atoms with Crippen LogP contribution in [-0.4, -0.2) is 19.3 Å². The molecule has 1 amide bonds. The Kier molecular flexibility index (Phi) is 4.69. The second-order valence-electron chi connectivity index (χ2n) is 4.70. The Morgan fingerprint density at radius 1 is 1.13 bits per heavy atom. The van der Waals surface area contributed by atoms with Crippen LogP contribution in [0.4, 0.5) is 13.2 Å². The van der Waals surface area contributed by atoms with Gasteiger partial charge in [0.1, 0.15) is 10.7 Å². The predicted molar refractivity (Wildman–Crippen MR) is 74.3 cm³/mol. The number of aromatic nitrogens is 1. The van der Waals surface area contributed by atoms with E-state index in [-0.39, 0.29) is 11.0 Å². The highest BCUT2D eigenvalue weighted by Gasteiger charge is 2.20. The molecule has 122 valence electrons. The number of halogens is 3. The van der Waals surface area contributed by atoms with E-state index in [2.05, 4.69) is 4.98 Å². The molecule has 0 atom stereocenters. The van der Waals surface area contributed by atoms with Crippen molar-refractivity contribution in [2.24, 2.45) is 0 Å². The van der Waals surface area contributed by atoms with E-state index < -0.39 is 45.4 Å². The highest BCUT2D eigenvalue weighted by Crippen LogP contribution is 2.15. The Labute approximate surface area is 130 Å². The van der Waals surface area contributed by atoms with Crippen LogP contribution >= 0.6 is 0 Å². The summed E-state index contributed by atoms with van der Waals surface area (Å²) in [7, 11) is -4.18. The van der Waals surface area contributed by atoms with Crippen molar-refractivity contribution in [2.45, 2.75) is 18.2 Å². The Morgan fingerprint density at radius 2 is 1.78 bits per heavy atom. The van der Waals surface area contributed by atoms with Gasteiger partial charge in [-0.1, -0.05) is 0 Å². The summed E-state index contributed by atoms with van der Waals surface area (Å²) in [5.74, 6) is -4.96. The lowest BCUT2D eigenvalue weighted by molar-refractivity contribution is -0.118. The molecule has 1 aromatic heterocycles. The number of aryl methyl sites for hydroxylation is 1. The molecule has 0 saturated heterocycles. The Morgan fingerprint density at radius 3 is 2.39 bits per heavy atom. The number of amides is 1. The van der Waals surface area contributed by atoms with Crippen LogP contribution < -0.4 is 4.72 Å². The Balaban J connectivity index is 2.16. The average molecular weight is 344 g/mol. The van der Waals surface area contributed by atoms with Crippen LogP contribution in [-0.2, 0) is 21.2 Å². The molecular formula is C14H11F3N2O3S. The molecule has 1 N–H and O–H groups in total. The van der Waals surface area contributed by atoms with Gasteiger partial charge in [-0.25, -0.2) is 26.3 Å². The first-order chi connectivity index (χ1) is 10.7. The molecule has 23 heavy (non-hydrogen) atoms. The smallest absolute Gasteiger partial charge is 0.265 e. The summed E-state index contributed by atoms with van der Waals surface area (Å²) >= 11 is 0. The fourth-order valence-corrected chi connectivity index (χ4v) is 2.66. The maximum atomic E-state index is 13.4. The molecule has 2 rings (SSSR count). The number of carbonyl (C=O) groups is 1. The molecule has 0 unspecified atom stereocenters. The van der Waals surface area contributed by atoms with Crippen molar-refractivity contribution >= 4 is 15.9 Å². The number of rotatable bonds is 4. The van der Waals surface area contributed by atoms with Crippen LogP contribution in [0.5, 0.6) is 0 Å². The van der Waals surface area contributed by atoms with Crippen molar-refractivity contribution in [3.8, 4) is 0 Å². The molecular weight excluding hydrogens is 333 g/mol. The minimum absolute atomic E-state index is 0.248. The van der Waals surface area contributed by atoms with Crippen LogP contribution in [0.3, 0.4) is 0 Å². The Hall–Kier alpha value is -2.42. The monoisotopic (exact) mass is 344 g/mol. The Bertz CT molecular complexity index is 852. The van der Waals surface area contributed by atoms with Crippen molar-refractivity contribution in [2.75, 3.05) is 0 Å². The van der Waals surface area contributed by atoms with Gasteiger partial charge < -0.3 is 0 Å². The normalized spacial score (nSPS) is 11.3. The number of carbonyl (C=O) groups excluding carboxylic acids is 1. The molecule has 0 saturated carbocycles. The van der Waals surface area contributed by atoms with Gasteiger partial charge in [0.05, 0.1) is 6.42 Å². The maximum Gasteiger partial charge on any atom is 0.265 e. The first kappa shape index (κ1) is 16.9. The zero-order valence-electron chi connectivity index (χ0n) is 11.8. The zero-order valence-corrected chi connectivity index (χ0v) is 12.6. The van der Waals surface area contributed by atoms with E-state index in [1.165, 1.54) is 12.1 Å². The van der Waals surface area contributed by atoms with Gasteiger partial charge >= 0.3 is 0 Å². The fraction of sp³-hybridized carbons (Fsp3) is 0.143. The first-order valence-electron chi connectivity index (χ1n) is 6.31. The van der Waals surface area contributed by atoms with Gasteiger partial charge in [0.25, 0.3) is 10.0 Å². The standard InChI is InChI=1S/C14H11F3N2O3S/c1-8-2-3-10(7-18-8)23(21,22)19-14(20)5-9-4-12(16)13(17)6-11(9)15/h2-4,6-7H,5H2,1H3,(H,19,20). The van der Waals surface area contributed by atoms with E-state index >= 15 is 0 Å². The van der Waals surface area contributed by atoms with Crippen LogP contribution in [0.25, 0.3) is 0 Å². The lowest BCUT2D eigenvalue weighted by atomic mass is 10.1. The van der Waals surface area contributed by atoms with E-state index in [9.17, 15) is 26.4 Å². The molecule has 0 radical (unpaired) electrons. The molecule has 2 aromatic rings. The van der Waals surface area contributed by atoms with Gasteiger partial charge in [-0.2, -0.15) is 0 Å².